The van der Waals surface area contributed by atoms with E-state index in [1.807, 2.05) is 6.92 Å². The van der Waals surface area contributed by atoms with Gasteiger partial charge in [0.1, 0.15) is 29.9 Å². The lowest BCUT2D eigenvalue weighted by atomic mass is 10.2. The van der Waals surface area contributed by atoms with Crippen LogP contribution in [0.1, 0.15) is 30.6 Å². The van der Waals surface area contributed by atoms with E-state index in [1.165, 1.54) is 12.8 Å². The second-order valence-electron chi connectivity index (χ2n) is 6.01. The molecule has 0 aromatic carbocycles. The number of rotatable bonds is 3. The fourth-order valence-electron chi connectivity index (χ4n) is 3.15. The van der Waals surface area contributed by atoms with Crippen LogP contribution in [-0.4, -0.2) is 57.9 Å². The number of nitrogens with zero attached hydrogens (tertiary/aromatic N) is 6. The molecular weight excluding hydrogens is 294 g/mol. The van der Waals surface area contributed by atoms with Gasteiger partial charge in [0, 0.05) is 25.7 Å². The first-order valence-electron chi connectivity index (χ1n) is 8.12. The number of aryl methyl sites for hydroxylation is 1. The van der Waals surface area contributed by atoms with Crippen molar-refractivity contribution in [1.29, 1.82) is 0 Å². The van der Waals surface area contributed by atoms with E-state index in [9.17, 15) is 0 Å². The summed E-state index contributed by atoms with van der Waals surface area (Å²) >= 11 is 0. The van der Waals surface area contributed by atoms with Gasteiger partial charge in [0.2, 0.25) is 0 Å². The SMILES string of the molecule is Cc1nc(C2CN(c3cc(N4CCCC4)ncn3)CCO2)n[nH]1. The minimum Gasteiger partial charge on any atom is -0.366 e. The highest BCUT2D eigenvalue weighted by molar-refractivity contribution is 5.50. The fourth-order valence-corrected chi connectivity index (χ4v) is 3.15. The maximum atomic E-state index is 5.82. The third-order valence-electron chi connectivity index (χ3n) is 4.36. The van der Waals surface area contributed by atoms with Crippen LogP contribution in [0.2, 0.25) is 0 Å². The smallest absolute Gasteiger partial charge is 0.181 e. The highest BCUT2D eigenvalue weighted by Crippen LogP contribution is 2.25. The van der Waals surface area contributed by atoms with Crippen molar-refractivity contribution in [3.05, 3.63) is 24.0 Å². The summed E-state index contributed by atoms with van der Waals surface area (Å²) in [6, 6.07) is 2.08. The van der Waals surface area contributed by atoms with Gasteiger partial charge in [-0.15, -0.1) is 0 Å². The maximum absolute atomic E-state index is 5.82. The van der Waals surface area contributed by atoms with Gasteiger partial charge in [0.15, 0.2) is 5.82 Å². The van der Waals surface area contributed by atoms with E-state index >= 15 is 0 Å². The van der Waals surface area contributed by atoms with Gasteiger partial charge < -0.3 is 14.5 Å². The predicted molar refractivity (Wildman–Crippen MR) is 85.5 cm³/mol. The van der Waals surface area contributed by atoms with Crippen LogP contribution in [0.25, 0.3) is 0 Å². The third-order valence-corrected chi connectivity index (χ3v) is 4.36. The molecule has 4 heterocycles. The molecular formula is C15H21N7O. The van der Waals surface area contributed by atoms with Crippen molar-refractivity contribution in [3.63, 3.8) is 0 Å². The summed E-state index contributed by atoms with van der Waals surface area (Å²) in [6.45, 7) is 6.21. The number of H-pyrrole nitrogens is 1. The van der Waals surface area contributed by atoms with Crippen LogP contribution >= 0.6 is 0 Å². The Bertz CT molecular complexity index is 667. The summed E-state index contributed by atoms with van der Waals surface area (Å²) in [5, 5.41) is 7.09. The monoisotopic (exact) mass is 315 g/mol. The average molecular weight is 315 g/mol. The van der Waals surface area contributed by atoms with Gasteiger partial charge in [-0.05, 0) is 19.8 Å². The first kappa shape index (κ1) is 14.4. The molecule has 0 spiro atoms. The van der Waals surface area contributed by atoms with Gasteiger partial charge in [-0.25, -0.2) is 15.0 Å². The van der Waals surface area contributed by atoms with E-state index in [0.29, 0.717) is 19.0 Å². The van der Waals surface area contributed by atoms with Crippen LogP contribution in [0.15, 0.2) is 12.4 Å². The van der Waals surface area contributed by atoms with Crippen LogP contribution in [0.3, 0.4) is 0 Å². The number of aromatic nitrogens is 5. The molecule has 0 saturated carbocycles. The minimum atomic E-state index is -0.126. The van der Waals surface area contributed by atoms with Crippen LogP contribution < -0.4 is 9.80 Å². The third kappa shape index (κ3) is 2.98. The number of hydrogen-bond acceptors (Lipinski definition) is 7. The van der Waals surface area contributed by atoms with E-state index < -0.39 is 0 Å². The molecule has 0 amide bonds. The highest BCUT2D eigenvalue weighted by Gasteiger charge is 2.26. The van der Waals surface area contributed by atoms with Crippen molar-refractivity contribution in [2.45, 2.75) is 25.9 Å². The van der Waals surface area contributed by atoms with Crippen LogP contribution in [0.4, 0.5) is 11.6 Å². The predicted octanol–water partition coefficient (Wildman–Crippen LogP) is 1.08. The van der Waals surface area contributed by atoms with E-state index in [1.54, 1.807) is 6.33 Å². The summed E-state index contributed by atoms with van der Waals surface area (Å²) in [7, 11) is 0. The van der Waals surface area contributed by atoms with Crippen molar-refractivity contribution in [1.82, 2.24) is 25.1 Å². The quantitative estimate of drug-likeness (QED) is 0.907. The molecule has 2 aromatic heterocycles. The minimum absolute atomic E-state index is 0.126. The maximum Gasteiger partial charge on any atom is 0.181 e. The molecule has 122 valence electrons. The average Bonchev–Trinajstić information content (AvgIpc) is 3.27. The molecule has 2 saturated heterocycles. The van der Waals surface area contributed by atoms with E-state index in [-0.39, 0.29) is 6.10 Å². The van der Waals surface area contributed by atoms with E-state index in [2.05, 4.69) is 41.0 Å². The van der Waals surface area contributed by atoms with Gasteiger partial charge in [0.25, 0.3) is 0 Å². The molecule has 2 fully saturated rings. The Hall–Kier alpha value is -2.22. The van der Waals surface area contributed by atoms with Crippen LogP contribution in [-0.2, 0) is 4.74 Å². The van der Waals surface area contributed by atoms with Gasteiger partial charge in [0.05, 0.1) is 13.2 Å². The molecule has 8 nitrogen and oxygen atoms in total. The summed E-state index contributed by atoms with van der Waals surface area (Å²) < 4.78 is 5.82. The zero-order valence-corrected chi connectivity index (χ0v) is 13.3. The Kier molecular flexibility index (Phi) is 3.82. The van der Waals surface area contributed by atoms with Crippen LogP contribution in [0.5, 0.6) is 0 Å². The molecule has 1 N–H and O–H groups in total. The summed E-state index contributed by atoms with van der Waals surface area (Å²) in [5.74, 6) is 3.48. The number of morpholine rings is 1. The lowest BCUT2D eigenvalue weighted by molar-refractivity contribution is 0.0339. The Balaban J connectivity index is 1.52. The number of ether oxygens (including phenoxy) is 1. The lowest BCUT2D eigenvalue weighted by Crippen LogP contribution is -2.39. The van der Waals surface area contributed by atoms with E-state index in [0.717, 1.165) is 37.1 Å². The van der Waals surface area contributed by atoms with Crippen molar-refractivity contribution in [2.24, 2.45) is 0 Å². The zero-order chi connectivity index (χ0) is 15.6. The molecule has 2 aromatic rings. The number of aromatic amines is 1. The molecule has 0 bridgehead atoms. The molecule has 1 unspecified atom stereocenters. The number of nitrogens with one attached hydrogen (secondary N) is 1. The van der Waals surface area contributed by atoms with Gasteiger partial charge in [-0.2, -0.15) is 5.10 Å². The van der Waals surface area contributed by atoms with E-state index in [4.69, 9.17) is 4.74 Å². The Morgan fingerprint density at radius 3 is 2.65 bits per heavy atom. The number of hydrogen-bond donors (Lipinski definition) is 1. The Labute approximate surface area is 134 Å². The fraction of sp³-hybridized carbons (Fsp3) is 0.600. The first-order valence-corrected chi connectivity index (χ1v) is 8.12. The largest absolute Gasteiger partial charge is 0.366 e. The van der Waals surface area contributed by atoms with Gasteiger partial charge in [-0.3, -0.25) is 5.10 Å². The Morgan fingerprint density at radius 2 is 1.91 bits per heavy atom. The molecule has 2 aliphatic rings. The van der Waals surface area contributed by atoms with Crippen LogP contribution in [0, 0.1) is 6.92 Å². The van der Waals surface area contributed by atoms with Gasteiger partial charge in [-0.1, -0.05) is 0 Å². The highest BCUT2D eigenvalue weighted by atomic mass is 16.5. The van der Waals surface area contributed by atoms with Crippen molar-refractivity contribution >= 4 is 11.6 Å². The Morgan fingerprint density at radius 1 is 1.13 bits per heavy atom. The first-order chi connectivity index (χ1) is 11.3. The second-order valence-corrected chi connectivity index (χ2v) is 6.01. The normalized spacial score (nSPS) is 21.9. The molecule has 0 aliphatic carbocycles. The molecule has 1 atom stereocenters. The zero-order valence-electron chi connectivity index (χ0n) is 13.3. The molecule has 0 radical (unpaired) electrons. The topological polar surface area (TPSA) is 83.1 Å². The van der Waals surface area contributed by atoms with Crippen molar-refractivity contribution in [2.75, 3.05) is 42.6 Å². The number of anilines is 2. The molecule has 2 aliphatic heterocycles. The summed E-state index contributed by atoms with van der Waals surface area (Å²) in [5.41, 5.74) is 0. The summed E-state index contributed by atoms with van der Waals surface area (Å²) in [4.78, 5) is 17.8. The molecule has 4 rings (SSSR count). The summed E-state index contributed by atoms with van der Waals surface area (Å²) in [6.07, 6.45) is 4.01. The molecule has 23 heavy (non-hydrogen) atoms. The second kappa shape index (κ2) is 6.11. The van der Waals surface area contributed by atoms with Crippen molar-refractivity contribution < 1.29 is 4.74 Å². The molecule has 8 heteroatoms. The van der Waals surface area contributed by atoms with Gasteiger partial charge >= 0.3 is 0 Å². The van der Waals surface area contributed by atoms with Crippen molar-refractivity contribution in [3.8, 4) is 0 Å². The lowest BCUT2D eigenvalue weighted by Gasteiger charge is -2.32. The standard InChI is InChI=1S/C15H21N7O/c1-11-18-15(20-19-11)12-9-22(6-7-23-12)14-8-13(16-10-17-14)21-4-2-3-5-21/h8,10,12H,2-7,9H2,1H3,(H,18,19,20).